The summed E-state index contributed by atoms with van der Waals surface area (Å²) in [5.74, 6) is -0.727. The van der Waals surface area contributed by atoms with E-state index in [1.165, 1.54) is 0 Å². The fourth-order valence-corrected chi connectivity index (χ4v) is 2.05. The van der Waals surface area contributed by atoms with E-state index in [-0.39, 0.29) is 24.4 Å². The minimum atomic E-state index is -4.63. The number of nitro benzene ring substituents is 1. The quantitative estimate of drug-likeness (QED) is 0.663. The molecule has 1 aromatic carbocycles. The molecular formula is C11H9F3N2O3. The maximum Gasteiger partial charge on any atom is 0.416 e. The van der Waals surface area contributed by atoms with Gasteiger partial charge in [0, 0.05) is 30.5 Å². The molecule has 2 rings (SSSR count). The number of alkyl halides is 3. The molecule has 102 valence electrons. The van der Waals surface area contributed by atoms with Gasteiger partial charge in [-0.2, -0.15) is 13.2 Å². The van der Waals surface area contributed by atoms with E-state index in [9.17, 15) is 28.1 Å². The van der Waals surface area contributed by atoms with Gasteiger partial charge in [0.2, 0.25) is 5.91 Å². The molecule has 1 N–H and O–H groups in total. The first kappa shape index (κ1) is 13.3. The number of nitrogens with zero attached hydrogens (tertiary/aromatic N) is 1. The van der Waals surface area contributed by atoms with Crippen molar-refractivity contribution in [3.05, 3.63) is 39.4 Å². The zero-order chi connectivity index (χ0) is 14.2. The highest BCUT2D eigenvalue weighted by atomic mass is 19.4. The molecule has 1 heterocycles. The summed E-state index contributed by atoms with van der Waals surface area (Å²) in [7, 11) is 0. The first-order valence-electron chi connectivity index (χ1n) is 5.41. The maximum absolute atomic E-state index is 12.5. The number of carbonyl (C=O) groups is 1. The minimum absolute atomic E-state index is 0.0478. The maximum atomic E-state index is 12.5. The van der Waals surface area contributed by atoms with Crippen LogP contribution in [0.1, 0.15) is 23.5 Å². The second kappa shape index (κ2) is 4.52. The Morgan fingerprint density at radius 1 is 1.37 bits per heavy atom. The van der Waals surface area contributed by atoms with Crippen LogP contribution in [-0.2, 0) is 11.0 Å². The van der Waals surface area contributed by atoms with E-state index in [2.05, 4.69) is 5.32 Å². The molecule has 0 radical (unpaired) electrons. The van der Waals surface area contributed by atoms with E-state index in [1.54, 1.807) is 0 Å². The predicted octanol–water partition coefficient (Wildman–Crippen LogP) is 2.22. The van der Waals surface area contributed by atoms with Gasteiger partial charge in [-0.15, -0.1) is 0 Å². The van der Waals surface area contributed by atoms with Crippen LogP contribution in [0.4, 0.5) is 18.9 Å². The van der Waals surface area contributed by atoms with Crippen molar-refractivity contribution in [3.8, 4) is 0 Å². The molecule has 1 aromatic rings. The molecule has 1 aliphatic heterocycles. The predicted molar refractivity (Wildman–Crippen MR) is 58.5 cm³/mol. The summed E-state index contributed by atoms with van der Waals surface area (Å²) in [6.45, 7) is 0.199. The number of benzene rings is 1. The van der Waals surface area contributed by atoms with Gasteiger partial charge in [-0.1, -0.05) is 6.07 Å². The van der Waals surface area contributed by atoms with Gasteiger partial charge in [0.1, 0.15) is 0 Å². The lowest BCUT2D eigenvalue weighted by Gasteiger charge is -2.11. The van der Waals surface area contributed by atoms with Crippen molar-refractivity contribution < 1.29 is 22.9 Å². The van der Waals surface area contributed by atoms with Crippen molar-refractivity contribution in [1.82, 2.24) is 5.32 Å². The standard InChI is InChI=1S/C11H9F3N2O3/c12-11(13,14)7-1-2-8(9(4-7)16(18)19)6-3-10(17)15-5-6/h1-2,4,6H,3,5H2,(H,15,17). The van der Waals surface area contributed by atoms with Crippen LogP contribution < -0.4 is 5.32 Å². The lowest BCUT2D eigenvalue weighted by Crippen LogP contribution is -2.14. The fourth-order valence-electron chi connectivity index (χ4n) is 2.05. The van der Waals surface area contributed by atoms with E-state index < -0.39 is 28.3 Å². The molecule has 0 saturated carbocycles. The van der Waals surface area contributed by atoms with Crippen LogP contribution in [-0.4, -0.2) is 17.4 Å². The Labute approximate surface area is 105 Å². The molecule has 1 amide bonds. The first-order valence-corrected chi connectivity index (χ1v) is 5.41. The third-order valence-corrected chi connectivity index (χ3v) is 2.97. The summed E-state index contributed by atoms with van der Waals surface area (Å²) in [5, 5.41) is 13.4. The van der Waals surface area contributed by atoms with Crippen molar-refractivity contribution >= 4 is 11.6 Å². The van der Waals surface area contributed by atoms with Crippen molar-refractivity contribution in [1.29, 1.82) is 0 Å². The zero-order valence-corrected chi connectivity index (χ0v) is 9.53. The van der Waals surface area contributed by atoms with Crippen LogP contribution in [0.2, 0.25) is 0 Å². The van der Waals surface area contributed by atoms with Crippen molar-refractivity contribution in [3.63, 3.8) is 0 Å². The third-order valence-electron chi connectivity index (χ3n) is 2.97. The van der Waals surface area contributed by atoms with Crippen LogP contribution in [0, 0.1) is 10.1 Å². The van der Waals surface area contributed by atoms with Gasteiger partial charge in [0.25, 0.3) is 5.69 Å². The Hall–Kier alpha value is -2.12. The van der Waals surface area contributed by atoms with Gasteiger partial charge < -0.3 is 5.32 Å². The number of amides is 1. The van der Waals surface area contributed by atoms with Crippen LogP contribution in [0.25, 0.3) is 0 Å². The Bertz CT molecular complexity index is 542. The van der Waals surface area contributed by atoms with Crippen LogP contribution in [0.15, 0.2) is 18.2 Å². The second-order valence-electron chi connectivity index (χ2n) is 4.23. The van der Waals surface area contributed by atoms with Crippen molar-refractivity contribution in [2.75, 3.05) is 6.54 Å². The molecule has 1 aliphatic rings. The van der Waals surface area contributed by atoms with E-state index in [4.69, 9.17) is 0 Å². The molecule has 8 heteroatoms. The topological polar surface area (TPSA) is 72.2 Å². The van der Waals surface area contributed by atoms with Gasteiger partial charge in [-0.3, -0.25) is 14.9 Å². The molecule has 19 heavy (non-hydrogen) atoms. The SMILES string of the molecule is O=C1CC(c2ccc(C(F)(F)F)cc2[N+](=O)[O-])CN1. The third kappa shape index (κ3) is 2.67. The van der Waals surface area contributed by atoms with E-state index in [0.29, 0.717) is 6.07 Å². The highest BCUT2D eigenvalue weighted by Crippen LogP contribution is 2.36. The summed E-state index contributed by atoms with van der Waals surface area (Å²) < 4.78 is 37.5. The summed E-state index contributed by atoms with van der Waals surface area (Å²) in [5.41, 5.74) is -1.52. The molecule has 0 bridgehead atoms. The summed E-state index contributed by atoms with van der Waals surface area (Å²) in [6.07, 6.45) is -4.58. The van der Waals surface area contributed by atoms with Gasteiger partial charge >= 0.3 is 6.18 Å². The van der Waals surface area contributed by atoms with Gasteiger partial charge in [-0.05, 0) is 6.07 Å². The molecule has 5 nitrogen and oxygen atoms in total. The van der Waals surface area contributed by atoms with Crippen LogP contribution >= 0.6 is 0 Å². The Morgan fingerprint density at radius 3 is 2.53 bits per heavy atom. The average Bonchev–Trinajstić information content (AvgIpc) is 2.73. The van der Waals surface area contributed by atoms with Crippen LogP contribution in [0.3, 0.4) is 0 Å². The Kier molecular flexibility index (Phi) is 3.17. The van der Waals surface area contributed by atoms with Gasteiger partial charge in [0.15, 0.2) is 0 Å². The first-order chi connectivity index (χ1) is 8.79. The summed E-state index contributed by atoms with van der Waals surface area (Å²) >= 11 is 0. The minimum Gasteiger partial charge on any atom is -0.355 e. The average molecular weight is 274 g/mol. The molecule has 0 aliphatic carbocycles. The zero-order valence-electron chi connectivity index (χ0n) is 9.53. The smallest absolute Gasteiger partial charge is 0.355 e. The molecule has 1 saturated heterocycles. The molecule has 1 fully saturated rings. The lowest BCUT2D eigenvalue weighted by molar-refractivity contribution is -0.385. The number of rotatable bonds is 2. The number of carbonyl (C=O) groups excluding carboxylic acids is 1. The molecular weight excluding hydrogens is 265 g/mol. The number of nitro groups is 1. The fraction of sp³-hybridized carbons (Fsp3) is 0.364. The van der Waals surface area contributed by atoms with Gasteiger partial charge in [-0.25, -0.2) is 0 Å². The largest absolute Gasteiger partial charge is 0.416 e. The van der Waals surface area contributed by atoms with Gasteiger partial charge in [0.05, 0.1) is 10.5 Å². The lowest BCUT2D eigenvalue weighted by atomic mass is 9.95. The highest BCUT2D eigenvalue weighted by Gasteiger charge is 2.35. The number of halogens is 3. The van der Waals surface area contributed by atoms with Crippen molar-refractivity contribution in [2.24, 2.45) is 0 Å². The second-order valence-corrected chi connectivity index (χ2v) is 4.23. The normalized spacial score (nSPS) is 19.3. The number of nitrogens with one attached hydrogen (secondary N) is 1. The monoisotopic (exact) mass is 274 g/mol. The summed E-state index contributed by atoms with van der Waals surface area (Å²) in [6, 6.07) is 2.38. The molecule has 0 spiro atoms. The summed E-state index contributed by atoms with van der Waals surface area (Å²) in [4.78, 5) is 21.1. The van der Waals surface area contributed by atoms with Crippen molar-refractivity contribution in [2.45, 2.75) is 18.5 Å². The Morgan fingerprint density at radius 2 is 2.05 bits per heavy atom. The highest BCUT2D eigenvalue weighted by molar-refractivity contribution is 5.79. The number of hydrogen-bond donors (Lipinski definition) is 1. The van der Waals surface area contributed by atoms with Crippen LogP contribution in [0.5, 0.6) is 0 Å². The van der Waals surface area contributed by atoms with E-state index >= 15 is 0 Å². The number of hydrogen-bond acceptors (Lipinski definition) is 3. The molecule has 0 aromatic heterocycles. The molecule has 1 unspecified atom stereocenters. The van der Waals surface area contributed by atoms with E-state index in [1.807, 2.05) is 0 Å². The molecule has 1 atom stereocenters. The Balaban J connectivity index is 2.44. The van der Waals surface area contributed by atoms with E-state index in [0.717, 1.165) is 12.1 Å².